The fraction of sp³-hybridized carbons (Fsp3) is 0.316. The van der Waals surface area contributed by atoms with Crippen LogP contribution in [0, 0.1) is 6.92 Å². The van der Waals surface area contributed by atoms with Gasteiger partial charge >= 0.3 is 0 Å². The third-order valence-corrected chi connectivity index (χ3v) is 7.47. The smallest absolute Gasteiger partial charge is 0.250 e. The van der Waals surface area contributed by atoms with Crippen molar-refractivity contribution in [2.24, 2.45) is 0 Å². The van der Waals surface area contributed by atoms with Crippen molar-refractivity contribution in [3.8, 4) is 11.5 Å². The monoisotopic (exact) mass is 415 g/mol. The zero-order valence-corrected chi connectivity index (χ0v) is 17.1. The van der Waals surface area contributed by atoms with Crippen LogP contribution in [0.3, 0.4) is 0 Å². The van der Waals surface area contributed by atoms with Crippen molar-refractivity contribution in [3.63, 3.8) is 0 Å². The van der Waals surface area contributed by atoms with Gasteiger partial charge in [0, 0.05) is 35.4 Å². The van der Waals surface area contributed by atoms with Gasteiger partial charge in [-0.3, -0.25) is 4.98 Å². The lowest BCUT2D eigenvalue weighted by molar-refractivity contribution is 0.585. The van der Waals surface area contributed by atoms with Crippen LogP contribution in [0.4, 0.5) is 5.82 Å². The normalized spacial score (nSPS) is 13.5. The molecule has 1 aliphatic carbocycles. The molecule has 0 saturated carbocycles. The molecule has 0 fully saturated rings. The summed E-state index contributed by atoms with van der Waals surface area (Å²) in [6.07, 6.45) is 4.63. The van der Waals surface area contributed by atoms with Crippen LogP contribution in [-0.4, -0.2) is 36.5 Å². The van der Waals surface area contributed by atoms with E-state index in [1.165, 1.54) is 11.3 Å². The molecule has 0 unspecified atom stereocenters. The molecule has 146 valence electrons. The molecule has 0 saturated heterocycles. The molecule has 7 nitrogen and oxygen atoms in total. The van der Waals surface area contributed by atoms with Gasteiger partial charge in [0.05, 0.1) is 0 Å². The Morgan fingerprint density at radius 3 is 2.75 bits per heavy atom. The van der Waals surface area contributed by atoms with Crippen molar-refractivity contribution in [3.05, 3.63) is 52.7 Å². The minimum Gasteiger partial charge on any atom is -0.368 e. The van der Waals surface area contributed by atoms with Crippen LogP contribution in [-0.2, 0) is 22.9 Å². The number of anilines is 1. The first-order valence-electron chi connectivity index (χ1n) is 9.14. The molecule has 28 heavy (non-hydrogen) atoms. The van der Waals surface area contributed by atoms with E-state index in [4.69, 9.17) is 0 Å². The summed E-state index contributed by atoms with van der Waals surface area (Å²) < 4.78 is 27.6. The minimum absolute atomic E-state index is 0.275. The van der Waals surface area contributed by atoms with Gasteiger partial charge in [0.1, 0.15) is 15.7 Å². The van der Waals surface area contributed by atoms with E-state index in [9.17, 15) is 8.42 Å². The van der Waals surface area contributed by atoms with Crippen molar-refractivity contribution in [1.82, 2.24) is 19.7 Å². The fourth-order valence-electron chi connectivity index (χ4n) is 3.18. The molecule has 0 spiro atoms. The highest BCUT2D eigenvalue weighted by Crippen LogP contribution is 2.28. The zero-order chi connectivity index (χ0) is 19.6. The highest BCUT2D eigenvalue weighted by molar-refractivity contribution is 7.91. The summed E-state index contributed by atoms with van der Waals surface area (Å²) in [6, 6.07) is 9.09. The third kappa shape index (κ3) is 4.06. The second-order valence-corrected chi connectivity index (χ2v) is 9.86. The molecule has 0 aliphatic heterocycles. The number of fused-ring (bicyclic) bond motifs is 1. The molecule has 3 aromatic rings. The van der Waals surface area contributed by atoms with Crippen molar-refractivity contribution in [2.75, 3.05) is 18.4 Å². The lowest BCUT2D eigenvalue weighted by atomic mass is 10.2. The van der Waals surface area contributed by atoms with Gasteiger partial charge in [0.25, 0.3) is 0 Å². The first kappa shape index (κ1) is 19.0. The van der Waals surface area contributed by atoms with Crippen LogP contribution < -0.4 is 10.0 Å². The molecule has 9 heteroatoms. The van der Waals surface area contributed by atoms with Gasteiger partial charge in [-0.25, -0.2) is 23.1 Å². The SMILES string of the molecule is Cc1ccc(S(=O)(=O)NCCNc2nc(-c3ccccn3)nc3c2CCC3)s1. The maximum atomic E-state index is 12.3. The molecule has 4 rings (SSSR count). The van der Waals surface area contributed by atoms with Crippen LogP contribution in [0.5, 0.6) is 0 Å². The number of nitrogens with zero attached hydrogens (tertiary/aromatic N) is 3. The zero-order valence-electron chi connectivity index (χ0n) is 15.5. The van der Waals surface area contributed by atoms with Gasteiger partial charge < -0.3 is 5.32 Å². The summed E-state index contributed by atoms with van der Waals surface area (Å²) in [5.41, 5.74) is 2.90. The number of hydrogen-bond donors (Lipinski definition) is 2. The molecule has 0 amide bonds. The van der Waals surface area contributed by atoms with Crippen molar-refractivity contribution >= 4 is 27.2 Å². The number of hydrogen-bond acceptors (Lipinski definition) is 7. The van der Waals surface area contributed by atoms with Crippen LogP contribution in [0.15, 0.2) is 40.7 Å². The Hall–Kier alpha value is -2.36. The quantitative estimate of drug-likeness (QED) is 0.576. The van der Waals surface area contributed by atoms with Crippen molar-refractivity contribution in [1.29, 1.82) is 0 Å². The lowest BCUT2D eigenvalue weighted by Crippen LogP contribution is -2.28. The summed E-state index contributed by atoms with van der Waals surface area (Å²) in [5.74, 6) is 1.37. The van der Waals surface area contributed by atoms with E-state index < -0.39 is 10.0 Å². The van der Waals surface area contributed by atoms with Gasteiger partial charge in [-0.2, -0.15) is 0 Å². The number of sulfonamides is 1. The van der Waals surface area contributed by atoms with E-state index >= 15 is 0 Å². The summed E-state index contributed by atoms with van der Waals surface area (Å²) in [5, 5.41) is 3.28. The molecular formula is C19H21N5O2S2. The van der Waals surface area contributed by atoms with Crippen LogP contribution in [0.25, 0.3) is 11.5 Å². The largest absolute Gasteiger partial charge is 0.368 e. The van der Waals surface area contributed by atoms with Gasteiger partial charge in [0.15, 0.2) is 5.82 Å². The maximum Gasteiger partial charge on any atom is 0.250 e. The number of aromatic nitrogens is 3. The average Bonchev–Trinajstić information content (AvgIpc) is 3.35. The van der Waals surface area contributed by atoms with Crippen molar-refractivity contribution in [2.45, 2.75) is 30.4 Å². The predicted molar refractivity (Wildman–Crippen MR) is 110 cm³/mol. The Kier molecular flexibility index (Phi) is 5.38. The molecule has 0 bridgehead atoms. The highest BCUT2D eigenvalue weighted by atomic mass is 32.2. The van der Waals surface area contributed by atoms with Crippen molar-refractivity contribution < 1.29 is 8.42 Å². The number of pyridine rings is 1. The van der Waals surface area contributed by atoms with Crippen LogP contribution in [0.1, 0.15) is 22.6 Å². The first-order chi connectivity index (χ1) is 13.5. The number of thiophene rings is 1. The molecule has 0 aromatic carbocycles. The Morgan fingerprint density at radius 1 is 1.11 bits per heavy atom. The number of rotatable bonds is 7. The van der Waals surface area contributed by atoms with E-state index in [0.717, 1.165) is 46.9 Å². The summed E-state index contributed by atoms with van der Waals surface area (Å²) in [4.78, 5) is 14.6. The first-order valence-corrected chi connectivity index (χ1v) is 11.4. The molecule has 0 radical (unpaired) electrons. The van der Waals surface area contributed by atoms with E-state index in [-0.39, 0.29) is 6.54 Å². The number of nitrogens with one attached hydrogen (secondary N) is 2. The van der Waals surface area contributed by atoms with E-state index in [1.54, 1.807) is 18.3 Å². The second-order valence-electron chi connectivity index (χ2n) is 6.58. The highest BCUT2D eigenvalue weighted by Gasteiger charge is 2.20. The van der Waals surface area contributed by atoms with E-state index in [2.05, 4.69) is 25.0 Å². The fourth-order valence-corrected chi connectivity index (χ4v) is 5.54. The minimum atomic E-state index is -3.47. The third-order valence-electron chi connectivity index (χ3n) is 4.52. The molecule has 3 aromatic heterocycles. The van der Waals surface area contributed by atoms with Gasteiger partial charge in [-0.1, -0.05) is 6.07 Å². The Morgan fingerprint density at radius 2 is 2.00 bits per heavy atom. The standard InChI is InChI=1S/C19H21N5O2S2/c1-13-8-9-17(27-13)28(25,26)22-12-11-21-18-14-5-4-7-15(14)23-19(24-18)16-6-2-3-10-20-16/h2-3,6,8-10,22H,4-5,7,11-12H2,1H3,(H,21,23,24). The molecule has 3 heterocycles. The predicted octanol–water partition coefficient (Wildman–Crippen LogP) is 2.79. The van der Waals surface area contributed by atoms with Crippen LogP contribution >= 0.6 is 11.3 Å². The van der Waals surface area contributed by atoms with Gasteiger partial charge in [0.2, 0.25) is 10.0 Å². The Labute approximate surface area is 168 Å². The lowest BCUT2D eigenvalue weighted by Gasteiger charge is -2.12. The molecular weight excluding hydrogens is 394 g/mol. The Balaban J connectivity index is 1.45. The van der Waals surface area contributed by atoms with E-state index in [1.807, 2.05) is 25.1 Å². The maximum absolute atomic E-state index is 12.3. The summed E-state index contributed by atoms with van der Waals surface area (Å²) in [7, 11) is -3.47. The summed E-state index contributed by atoms with van der Waals surface area (Å²) in [6.45, 7) is 2.60. The van der Waals surface area contributed by atoms with Gasteiger partial charge in [-0.15, -0.1) is 11.3 Å². The topological polar surface area (TPSA) is 96.9 Å². The molecule has 2 N–H and O–H groups in total. The Bertz CT molecular complexity index is 1080. The molecule has 1 aliphatic rings. The summed E-state index contributed by atoms with van der Waals surface area (Å²) >= 11 is 1.27. The molecule has 0 atom stereocenters. The number of aryl methyl sites for hydroxylation is 2. The van der Waals surface area contributed by atoms with Gasteiger partial charge in [-0.05, 0) is 50.5 Å². The second kappa shape index (κ2) is 7.94. The van der Waals surface area contributed by atoms with Crippen LogP contribution in [0.2, 0.25) is 0 Å². The average molecular weight is 416 g/mol. The van der Waals surface area contributed by atoms with E-state index in [0.29, 0.717) is 16.6 Å².